The first-order valence-electron chi connectivity index (χ1n) is 7.56. The number of benzene rings is 2. The van der Waals surface area contributed by atoms with Gasteiger partial charge in [0.25, 0.3) is 0 Å². The average molecular weight is 335 g/mol. The first kappa shape index (κ1) is 14.8. The summed E-state index contributed by atoms with van der Waals surface area (Å²) in [5.74, 6) is -0.287. The highest BCUT2D eigenvalue weighted by molar-refractivity contribution is 7.71. The molecular weight excluding hydrogens is 321 g/mol. The quantitative estimate of drug-likeness (QED) is 0.512. The lowest BCUT2D eigenvalue weighted by Gasteiger charge is -2.05. The van der Waals surface area contributed by atoms with Crippen LogP contribution >= 0.6 is 12.2 Å². The van der Waals surface area contributed by atoms with Gasteiger partial charge in [0.1, 0.15) is 11.5 Å². The van der Waals surface area contributed by atoms with Crippen molar-refractivity contribution in [1.29, 1.82) is 0 Å². The summed E-state index contributed by atoms with van der Waals surface area (Å²) in [6.45, 7) is 2.05. The van der Waals surface area contributed by atoms with E-state index in [0.717, 1.165) is 16.9 Å². The van der Waals surface area contributed by atoms with E-state index in [0.29, 0.717) is 15.9 Å². The van der Waals surface area contributed by atoms with Gasteiger partial charge in [-0.05, 0) is 30.8 Å². The number of rotatable bonds is 2. The van der Waals surface area contributed by atoms with Gasteiger partial charge in [-0.15, -0.1) is 0 Å². The van der Waals surface area contributed by atoms with Gasteiger partial charge in [-0.1, -0.05) is 48.0 Å². The van der Waals surface area contributed by atoms with E-state index < -0.39 is 0 Å². The fraction of sp³-hybridized carbons (Fsp3) is 0.0526. The van der Waals surface area contributed by atoms with Crippen molar-refractivity contribution in [2.24, 2.45) is 0 Å². The van der Waals surface area contributed by atoms with Crippen LogP contribution in [0.1, 0.15) is 5.56 Å². The van der Waals surface area contributed by atoms with E-state index in [1.165, 1.54) is 11.6 Å². The van der Waals surface area contributed by atoms with Gasteiger partial charge in [0.2, 0.25) is 4.77 Å². The predicted octanol–water partition coefficient (Wildman–Crippen LogP) is 5.17. The van der Waals surface area contributed by atoms with Crippen LogP contribution in [0.5, 0.6) is 0 Å². The molecule has 0 unspecified atom stereocenters. The summed E-state index contributed by atoms with van der Waals surface area (Å²) in [6.07, 6.45) is 3.52. The molecule has 0 bridgehead atoms. The minimum Gasteiger partial charge on any atom is -0.339 e. The van der Waals surface area contributed by atoms with Crippen molar-refractivity contribution in [2.75, 3.05) is 0 Å². The first-order valence-corrected chi connectivity index (χ1v) is 7.96. The maximum atomic E-state index is 14.2. The second-order valence-corrected chi connectivity index (χ2v) is 6.05. The summed E-state index contributed by atoms with van der Waals surface area (Å²) < 4.78 is 16.4. The number of halogens is 1. The molecule has 0 amide bonds. The van der Waals surface area contributed by atoms with Crippen molar-refractivity contribution < 1.29 is 4.39 Å². The number of hydrogen-bond donors (Lipinski definition) is 1. The van der Waals surface area contributed by atoms with E-state index in [-0.39, 0.29) is 5.82 Å². The Morgan fingerprint density at radius 3 is 2.54 bits per heavy atom. The van der Waals surface area contributed by atoms with Gasteiger partial charge in [-0.3, -0.25) is 4.40 Å². The molecule has 0 saturated carbocycles. The zero-order valence-corrected chi connectivity index (χ0v) is 13.8. The molecule has 5 heteroatoms. The Hall–Kier alpha value is -2.79. The molecule has 3 nitrogen and oxygen atoms in total. The van der Waals surface area contributed by atoms with E-state index in [4.69, 9.17) is 12.2 Å². The van der Waals surface area contributed by atoms with Crippen LogP contribution in [-0.4, -0.2) is 14.4 Å². The molecular formula is C19H14FN3S. The summed E-state index contributed by atoms with van der Waals surface area (Å²) >= 11 is 5.32. The van der Waals surface area contributed by atoms with Crippen molar-refractivity contribution in [3.63, 3.8) is 0 Å². The number of aromatic amines is 1. The molecule has 0 aliphatic carbocycles. The van der Waals surface area contributed by atoms with Crippen LogP contribution < -0.4 is 0 Å². The predicted molar refractivity (Wildman–Crippen MR) is 95.9 cm³/mol. The van der Waals surface area contributed by atoms with E-state index in [9.17, 15) is 4.39 Å². The van der Waals surface area contributed by atoms with E-state index in [1.807, 2.05) is 25.3 Å². The molecule has 0 spiro atoms. The number of aryl methyl sites for hydroxylation is 1. The highest BCUT2D eigenvalue weighted by Gasteiger charge is 2.12. The number of nitrogens with zero attached hydrogens (tertiary/aromatic N) is 2. The number of imidazole rings is 1. The molecule has 24 heavy (non-hydrogen) atoms. The van der Waals surface area contributed by atoms with E-state index >= 15 is 0 Å². The Balaban J connectivity index is 1.98. The van der Waals surface area contributed by atoms with Crippen molar-refractivity contribution in [3.8, 4) is 22.4 Å². The lowest BCUT2D eigenvalue weighted by molar-refractivity contribution is 0.631. The maximum Gasteiger partial charge on any atom is 0.205 e. The number of nitrogens with one attached hydrogen (secondary N) is 1. The number of H-pyrrole nitrogens is 1. The molecule has 0 saturated heterocycles. The standard InChI is InChI=1S/C19H14FN3S/c1-12-6-8-13(9-7-12)17-11-23-18(22-17)15(10-21-19(23)24)14-4-2-3-5-16(14)20/h2-11,22H,1H3. The normalized spacial score (nSPS) is 11.1. The molecule has 0 fully saturated rings. The Labute approximate surface area is 143 Å². The topological polar surface area (TPSA) is 33.1 Å². The molecule has 4 aromatic rings. The molecule has 2 heterocycles. The van der Waals surface area contributed by atoms with Crippen LogP contribution in [0.3, 0.4) is 0 Å². The van der Waals surface area contributed by atoms with Crippen LogP contribution in [0.25, 0.3) is 28.0 Å². The lowest BCUT2D eigenvalue weighted by atomic mass is 10.1. The molecule has 0 atom stereocenters. The van der Waals surface area contributed by atoms with Crippen molar-refractivity contribution in [3.05, 3.63) is 77.1 Å². The summed E-state index contributed by atoms with van der Waals surface area (Å²) in [6, 6.07) is 14.8. The number of fused-ring (bicyclic) bond motifs is 1. The van der Waals surface area contributed by atoms with Gasteiger partial charge < -0.3 is 4.98 Å². The second kappa shape index (κ2) is 5.69. The summed E-state index contributed by atoms with van der Waals surface area (Å²) in [4.78, 5) is 7.59. The second-order valence-electron chi connectivity index (χ2n) is 5.69. The van der Waals surface area contributed by atoms with Gasteiger partial charge in [0, 0.05) is 23.5 Å². The Bertz CT molecular complexity index is 1090. The fourth-order valence-electron chi connectivity index (χ4n) is 2.76. The molecule has 4 rings (SSSR count). The first-order chi connectivity index (χ1) is 11.6. The third kappa shape index (κ3) is 2.43. The smallest absolute Gasteiger partial charge is 0.205 e. The van der Waals surface area contributed by atoms with Gasteiger partial charge in [-0.2, -0.15) is 0 Å². The molecule has 2 aromatic carbocycles. The number of aromatic nitrogens is 3. The van der Waals surface area contributed by atoms with Crippen LogP contribution in [0.2, 0.25) is 0 Å². The zero-order chi connectivity index (χ0) is 16.7. The summed E-state index contributed by atoms with van der Waals surface area (Å²) in [7, 11) is 0. The maximum absolute atomic E-state index is 14.2. The van der Waals surface area contributed by atoms with E-state index in [1.54, 1.807) is 28.8 Å². The van der Waals surface area contributed by atoms with Gasteiger partial charge in [-0.25, -0.2) is 9.37 Å². The SMILES string of the molecule is Cc1ccc(-c2cn3c(=S)ncc(-c4ccccc4F)c3[nH]2)cc1. The molecule has 2 aromatic heterocycles. The average Bonchev–Trinajstić information content (AvgIpc) is 3.03. The largest absolute Gasteiger partial charge is 0.339 e. The van der Waals surface area contributed by atoms with Gasteiger partial charge in [0.05, 0.1) is 5.69 Å². The Morgan fingerprint density at radius 1 is 1.04 bits per heavy atom. The molecule has 118 valence electrons. The molecule has 0 aliphatic heterocycles. The van der Waals surface area contributed by atoms with Crippen molar-refractivity contribution in [2.45, 2.75) is 6.92 Å². The third-order valence-electron chi connectivity index (χ3n) is 4.04. The number of hydrogen-bond acceptors (Lipinski definition) is 2. The van der Waals surface area contributed by atoms with Gasteiger partial charge >= 0.3 is 0 Å². The van der Waals surface area contributed by atoms with Crippen molar-refractivity contribution >= 4 is 17.9 Å². The summed E-state index contributed by atoms with van der Waals surface area (Å²) in [5, 5.41) is 0. The Kier molecular flexibility index (Phi) is 3.50. The minimum absolute atomic E-state index is 0.287. The van der Waals surface area contributed by atoms with Gasteiger partial charge in [0.15, 0.2) is 0 Å². The molecule has 1 N–H and O–H groups in total. The van der Waals surface area contributed by atoms with Crippen LogP contribution in [-0.2, 0) is 0 Å². The minimum atomic E-state index is -0.287. The third-order valence-corrected chi connectivity index (χ3v) is 4.35. The van der Waals surface area contributed by atoms with Crippen LogP contribution in [0.15, 0.2) is 60.9 Å². The molecule has 0 aliphatic rings. The van der Waals surface area contributed by atoms with E-state index in [2.05, 4.69) is 22.1 Å². The monoisotopic (exact) mass is 335 g/mol. The highest BCUT2D eigenvalue weighted by atomic mass is 32.1. The van der Waals surface area contributed by atoms with Crippen molar-refractivity contribution in [1.82, 2.24) is 14.4 Å². The van der Waals surface area contributed by atoms with Crippen LogP contribution in [0, 0.1) is 17.5 Å². The molecule has 0 radical (unpaired) electrons. The highest BCUT2D eigenvalue weighted by Crippen LogP contribution is 2.28. The lowest BCUT2D eigenvalue weighted by Crippen LogP contribution is -1.94. The van der Waals surface area contributed by atoms with Crippen LogP contribution in [0.4, 0.5) is 4.39 Å². The zero-order valence-electron chi connectivity index (χ0n) is 13.0. The summed E-state index contributed by atoms with van der Waals surface area (Å²) in [5.41, 5.74) is 5.05. The Morgan fingerprint density at radius 2 is 1.79 bits per heavy atom. The fourth-order valence-corrected chi connectivity index (χ4v) is 2.96.